The molecule has 0 aromatic carbocycles. The summed E-state index contributed by atoms with van der Waals surface area (Å²) in [5.74, 6) is 1.51. The predicted molar refractivity (Wildman–Crippen MR) is 99.9 cm³/mol. The van der Waals surface area contributed by atoms with Crippen LogP contribution in [-0.2, 0) is 11.2 Å². The van der Waals surface area contributed by atoms with E-state index in [0.717, 1.165) is 38.6 Å². The summed E-state index contributed by atoms with van der Waals surface area (Å²) in [7, 11) is 0. The monoisotopic (exact) mass is 355 g/mol. The van der Waals surface area contributed by atoms with Gasteiger partial charge in [0.1, 0.15) is 0 Å². The highest BCUT2D eigenvalue weighted by Crippen LogP contribution is 2.32. The van der Waals surface area contributed by atoms with Crippen LogP contribution in [0.1, 0.15) is 51.3 Å². The van der Waals surface area contributed by atoms with Crippen LogP contribution in [0.4, 0.5) is 0 Å². The second-order valence-electron chi connectivity index (χ2n) is 7.23. The predicted octanol–water partition coefficient (Wildman–Crippen LogP) is 4.16. The lowest BCUT2D eigenvalue weighted by Gasteiger charge is -2.26. The Morgan fingerprint density at radius 1 is 1.48 bits per heavy atom. The fourth-order valence-corrected chi connectivity index (χ4v) is 5.06. The zero-order valence-electron chi connectivity index (χ0n) is 14.5. The first-order valence-corrected chi connectivity index (χ1v) is 10.4. The highest BCUT2D eigenvalue weighted by atomic mass is 32.2. The fourth-order valence-electron chi connectivity index (χ4n) is 3.00. The van der Waals surface area contributed by atoms with Crippen molar-refractivity contribution in [3.05, 3.63) is 22.4 Å². The van der Waals surface area contributed by atoms with Gasteiger partial charge in [-0.15, -0.1) is 23.1 Å². The van der Waals surface area contributed by atoms with E-state index in [2.05, 4.69) is 29.3 Å². The van der Waals surface area contributed by atoms with Crippen LogP contribution in [-0.4, -0.2) is 39.2 Å². The van der Waals surface area contributed by atoms with Crippen molar-refractivity contribution in [1.29, 1.82) is 0 Å². The van der Waals surface area contributed by atoms with Crippen LogP contribution in [0.15, 0.2) is 17.5 Å². The summed E-state index contributed by atoms with van der Waals surface area (Å²) >= 11 is 3.56. The molecule has 0 saturated carbocycles. The Morgan fingerprint density at radius 3 is 2.91 bits per heavy atom. The van der Waals surface area contributed by atoms with E-state index in [1.54, 1.807) is 23.1 Å². The third kappa shape index (κ3) is 6.48. The summed E-state index contributed by atoms with van der Waals surface area (Å²) in [4.78, 5) is 15.6. The molecule has 2 atom stereocenters. The molecule has 2 unspecified atom stereocenters. The number of hydrogen-bond acceptors (Lipinski definition) is 4. The summed E-state index contributed by atoms with van der Waals surface area (Å²) in [5.41, 5.74) is -0.565. The van der Waals surface area contributed by atoms with Crippen molar-refractivity contribution in [2.45, 2.75) is 63.9 Å². The average molecular weight is 356 g/mol. The molecule has 130 valence electrons. The summed E-state index contributed by atoms with van der Waals surface area (Å²) in [6, 6.07) is 4.22. The Bertz CT molecular complexity index is 482. The first-order chi connectivity index (χ1) is 10.8. The fraction of sp³-hybridized carbons (Fsp3) is 0.722. The number of carbonyl (C=O) groups is 1. The molecule has 5 heteroatoms. The van der Waals surface area contributed by atoms with E-state index >= 15 is 0 Å². The molecule has 0 bridgehead atoms. The number of carbonyl (C=O) groups excluding carboxylic acids is 1. The molecule has 1 aliphatic rings. The van der Waals surface area contributed by atoms with Gasteiger partial charge in [0.15, 0.2) is 0 Å². The Kier molecular flexibility index (Phi) is 6.99. The van der Waals surface area contributed by atoms with Crippen molar-refractivity contribution in [3.63, 3.8) is 0 Å². The molecular weight excluding hydrogens is 326 g/mol. The molecule has 2 rings (SSSR count). The zero-order valence-corrected chi connectivity index (χ0v) is 16.1. The third-order valence-electron chi connectivity index (χ3n) is 4.34. The molecule has 1 aliphatic heterocycles. The standard InChI is InChI=1S/C18H29NO2S2/c1-14(6-4-9-18(2,3)21)12-17-19(16(20)13-23-17)10-8-15-7-5-11-22-15/h5,7,11,14,17,21H,4,6,8-10,12-13H2,1-3H3. The topological polar surface area (TPSA) is 40.5 Å². The number of nitrogens with zero attached hydrogens (tertiary/aromatic N) is 1. The Balaban J connectivity index is 1.77. The number of hydrogen-bond donors (Lipinski definition) is 1. The normalized spacial score (nSPS) is 20.3. The summed E-state index contributed by atoms with van der Waals surface area (Å²) in [5, 5.41) is 12.2. The quantitative estimate of drug-likeness (QED) is 0.723. The van der Waals surface area contributed by atoms with Crippen LogP contribution >= 0.6 is 23.1 Å². The van der Waals surface area contributed by atoms with Gasteiger partial charge in [-0.25, -0.2) is 0 Å². The molecule has 1 aromatic heterocycles. The minimum Gasteiger partial charge on any atom is -0.390 e. The molecule has 3 nitrogen and oxygen atoms in total. The van der Waals surface area contributed by atoms with Gasteiger partial charge in [-0.05, 0) is 50.5 Å². The van der Waals surface area contributed by atoms with Crippen LogP contribution in [0.25, 0.3) is 0 Å². The van der Waals surface area contributed by atoms with Gasteiger partial charge in [0.05, 0.1) is 16.7 Å². The lowest BCUT2D eigenvalue weighted by molar-refractivity contribution is -0.128. The highest BCUT2D eigenvalue weighted by Gasteiger charge is 2.32. The molecule has 1 aromatic rings. The van der Waals surface area contributed by atoms with Crippen LogP contribution in [0, 0.1) is 5.92 Å². The smallest absolute Gasteiger partial charge is 0.233 e. The summed E-state index contributed by atoms with van der Waals surface area (Å²) in [6.45, 7) is 6.85. The zero-order chi connectivity index (χ0) is 16.9. The van der Waals surface area contributed by atoms with Gasteiger partial charge in [-0.2, -0.15) is 0 Å². The first kappa shape index (κ1) is 18.8. The van der Waals surface area contributed by atoms with E-state index in [1.165, 1.54) is 4.88 Å². The number of thiophene rings is 1. The molecule has 0 radical (unpaired) electrons. The maximum atomic E-state index is 12.1. The maximum Gasteiger partial charge on any atom is 0.233 e. The molecule has 1 fully saturated rings. The molecule has 23 heavy (non-hydrogen) atoms. The van der Waals surface area contributed by atoms with Crippen LogP contribution in [0.5, 0.6) is 0 Å². The van der Waals surface area contributed by atoms with Crippen LogP contribution in [0.2, 0.25) is 0 Å². The number of amides is 1. The van der Waals surface area contributed by atoms with E-state index in [1.807, 2.05) is 13.8 Å². The van der Waals surface area contributed by atoms with Gasteiger partial charge in [0, 0.05) is 11.4 Å². The van der Waals surface area contributed by atoms with Gasteiger partial charge >= 0.3 is 0 Å². The Morgan fingerprint density at radius 2 is 2.26 bits per heavy atom. The molecular formula is C18H29NO2S2. The van der Waals surface area contributed by atoms with E-state index in [9.17, 15) is 9.90 Å². The Labute approximate surface area is 148 Å². The van der Waals surface area contributed by atoms with Crippen molar-refractivity contribution < 1.29 is 9.90 Å². The minimum atomic E-state index is -0.565. The van der Waals surface area contributed by atoms with Crippen molar-refractivity contribution in [2.75, 3.05) is 12.3 Å². The largest absolute Gasteiger partial charge is 0.390 e. The first-order valence-electron chi connectivity index (χ1n) is 8.51. The second kappa shape index (κ2) is 8.54. The highest BCUT2D eigenvalue weighted by molar-refractivity contribution is 8.00. The SMILES string of the molecule is CC(CCCC(C)(C)O)CC1SCC(=O)N1CCc1cccs1. The lowest BCUT2D eigenvalue weighted by Crippen LogP contribution is -2.35. The van der Waals surface area contributed by atoms with Crippen LogP contribution < -0.4 is 0 Å². The third-order valence-corrected chi connectivity index (χ3v) is 6.52. The van der Waals surface area contributed by atoms with Crippen LogP contribution in [0.3, 0.4) is 0 Å². The maximum absolute atomic E-state index is 12.1. The summed E-state index contributed by atoms with van der Waals surface area (Å²) < 4.78 is 0. The van der Waals surface area contributed by atoms with Gasteiger partial charge in [-0.3, -0.25) is 4.79 Å². The lowest BCUT2D eigenvalue weighted by atomic mass is 9.95. The van der Waals surface area contributed by atoms with E-state index in [0.29, 0.717) is 23.0 Å². The molecule has 1 N–H and O–H groups in total. The van der Waals surface area contributed by atoms with E-state index in [-0.39, 0.29) is 0 Å². The number of thioether (sulfide) groups is 1. The molecule has 1 amide bonds. The number of aliphatic hydroxyl groups is 1. The van der Waals surface area contributed by atoms with E-state index in [4.69, 9.17) is 0 Å². The molecule has 1 saturated heterocycles. The molecule has 0 spiro atoms. The molecule has 2 heterocycles. The second-order valence-corrected chi connectivity index (χ2v) is 9.43. The Hall–Kier alpha value is -0.520. The van der Waals surface area contributed by atoms with Gasteiger partial charge in [0.2, 0.25) is 5.91 Å². The van der Waals surface area contributed by atoms with Crippen molar-refractivity contribution in [3.8, 4) is 0 Å². The van der Waals surface area contributed by atoms with Crippen molar-refractivity contribution in [1.82, 2.24) is 4.90 Å². The minimum absolute atomic E-state index is 0.292. The van der Waals surface area contributed by atoms with Crippen molar-refractivity contribution in [2.24, 2.45) is 5.92 Å². The van der Waals surface area contributed by atoms with Gasteiger partial charge < -0.3 is 10.0 Å². The molecule has 0 aliphatic carbocycles. The van der Waals surface area contributed by atoms with Gasteiger partial charge in [0.25, 0.3) is 0 Å². The summed E-state index contributed by atoms with van der Waals surface area (Å²) in [6.07, 6.45) is 5.04. The number of rotatable bonds is 9. The van der Waals surface area contributed by atoms with E-state index < -0.39 is 5.60 Å². The van der Waals surface area contributed by atoms with Crippen molar-refractivity contribution >= 4 is 29.0 Å². The average Bonchev–Trinajstić information content (AvgIpc) is 3.06. The van der Waals surface area contributed by atoms with Gasteiger partial charge in [-0.1, -0.05) is 25.8 Å².